The molecular formula is C97H149N11O9. The number of pyridine rings is 4. The van der Waals surface area contributed by atoms with E-state index in [1.165, 1.54) is 22.3 Å². The van der Waals surface area contributed by atoms with Gasteiger partial charge in [0.05, 0.1) is 14.2 Å². The monoisotopic (exact) mass is 1610 g/mol. The Kier molecular flexibility index (Phi) is 46.8. The largest absolute Gasteiger partial charge is 0.497 e. The van der Waals surface area contributed by atoms with Crippen molar-refractivity contribution in [3.8, 4) is 11.6 Å². The van der Waals surface area contributed by atoms with E-state index in [-0.39, 0.29) is 79.3 Å². The highest BCUT2D eigenvalue weighted by Crippen LogP contribution is 2.24. The minimum Gasteiger partial charge on any atom is -0.497 e. The zero-order chi connectivity index (χ0) is 89.0. The van der Waals surface area contributed by atoms with Crippen molar-refractivity contribution in [3.05, 3.63) is 213 Å². The molecule has 4 aromatic heterocycles. The number of ether oxygens (including phenoxy) is 2. The molecule has 6 N–H and O–H groups in total. The van der Waals surface area contributed by atoms with Crippen LogP contribution in [-0.2, 0) is 85.7 Å². The summed E-state index contributed by atoms with van der Waals surface area (Å²) in [6.07, 6.45) is 12.7. The van der Waals surface area contributed by atoms with Gasteiger partial charge in [0.25, 0.3) is 0 Å². The Morgan fingerprint density at radius 1 is 0.350 bits per heavy atom. The van der Waals surface area contributed by atoms with Crippen LogP contribution in [0.25, 0.3) is 0 Å². The molecule has 20 nitrogen and oxygen atoms in total. The number of benzene rings is 3. The summed E-state index contributed by atoms with van der Waals surface area (Å²) in [6, 6.07) is 39.9. The summed E-state index contributed by atoms with van der Waals surface area (Å²) in [5.41, 5.74) is 13.5. The molecule has 0 aliphatic rings. The molecule has 117 heavy (non-hydrogen) atoms. The van der Waals surface area contributed by atoms with E-state index >= 15 is 0 Å². The Morgan fingerprint density at radius 3 is 1.07 bits per heavy atom. The molecule has 0 spiro atoms. The van der Waals surface area contributed by atoms with Crippen molar-refractivity contribution in [2.24, 2.45) is 37.9 Å². The van der Waals surface area contributed by atoms with Crippen molar-refractivity contribution in [3.63, 3.8) is 0 Å². The van der Waals surface area contributed by atoms with Crippen LogP contribution < -0.4 is 41.4 Å². The van der Waals surface area contributed by atoms with E-state index in [1.807, 2.05) is 139 Å². The molecule has 646 valence electrons. The van der Waals surface area contributed by atoms with E-state index in [0.29, 0.717) is 96.6 Å². The molecule has 0 atom stereocenters. The molecular weight excluding hydrogens is 1460 g/mol. The highest BCUT2D eigenvalue weighted by molar-refractivity contribution is 5.79. The Balaban J connectivity index is 0.000000683. The first-order chi connectivity index (χ1) is 54.1. The number of rotatable bonds is 25. The molecule has 7 aromatic rings. The molecule has 20 heteroatoms. The Morgan fingerprint density at radius 2 is 0.709 bits per heavy atom. The van der Waals surface area contributed by atoms with Gasteiger partial charge >= 0.3 is 0 Å². The highest BCUT2D eigenvalue weighted by atomic mass is 16.5. The molecule has 4 heterocycles. The number of hydrogen-bond acceptors (Lipinski definition) is 13. The molecule has 7 amide bonds. The number of hydrogen-bond donors (Lipinski definition) is 6. The number of amides is 7. The summed E-state index contributed by atoms with van der Waals surface area (Å²) in [5.74, 6) is 2.22. The number of nitrogens with one attached hydrogen (secondary N) is 6. The van der Waals surface area contributed by atoms with Crippen LogP contribution in [-0.4, -0.2) is 94.0 Å². The van der Waals surface area contributed by atoms with Gasteiger partial charge in [0.15, 0.2) is 0 Å². The summed E-state index contributed by atoms with van der Waals surface area (Å²) >= 11 is 0. The third-order valence-corrected chi connectivity index (χ3v) is 16.4. The van der Waals surface area contributed by atoms with Crippen molar-refractivity contribution in [2.75, 3.05) is 27.8 Å². The summed E-state index contributed by atoms with van der Waals surface area (Å²) in [7, 11) is 5.10. The van der Waals surface area contributed by atoms with Crippen molar-refractivity contribution in [2.45, 2.75) is 277 Å². The van der Waals surface area contributed by atoms with E-state index in [4.69, 9.17) is 9.47 Å². The normalized spacial score (nSPS) is 11.2. The van der Waals surface area contributed by atoms with E-state index in [0.717, 1.165) is 63.5 Å². The van der Waals surface area contributed by atoms with Crippen LogP contribution in [0.3, 0.4) is 0 Å². The number of carbonyl (C=O) groups is 7. The number of aryl methyl sites for hydroxylation is 5. The fourth-order valence-corrected chi connectivity index (χ4v) is 10.7. The smallest absolute Gasteiger partial charge is 0.223 e. The van der Waals surface area contributed by atoms with Crippen molar-refractivity contribution < 1.29 is 43.0 Å². The van der Waals surface area contributed by atoms with Crippen LogP contribution in [0.4, 0.5) is 0 Å². The third kappa shape index (κ3) is 58.6. The van der Waals surface area contributed by atoms with E-state index in [9.17, 15) is 33.6 Å². The lowest BCUT2D eigenvalue weighted by Crippen LogP contribution is -2.29. The maximum absolute atomic E-state index is 12.0. The Hall–Kier alpha value is -9.85. The number of aromatic nitrogens is 4. The average molecular weight is 1610 g/mol. The average Bonchev–Trinajstić information content (AvgIpc) is 0.884. The lowest BCUT2D eigenvalue weighted by molar-refractivity contribution is -0.132. The van der Waals surface area contributed by atoms with Gasteiger partial charge in [-0.25, -0.2) is 4.98 Å². The first-order valence-electron chi connectivity index (χ1n) is 40.9. The number of nitrogens with zero attached hydrogens (tertiary/aromatic N) is 5. The summed E-state index contributed by atoms with van der Waals surface area (Å²) in [5, 5.41) is 17.5. The van der Waals surface area contributed by atoms with Gasteiger partial charge in [0.1, 0.15) is 5.75 Å². The fourth-order valence-electron chi connectivity index (χ4n) is 10.7. The van der Waals surface area contributed by atoms with Crippen LogP contribution in [0.1, 0.15) is 264 Å². The molecule has 3 aromatic carbocycles. The summed E-state index contributed by atoms with van der Waals surface area (Å²) in [4.78, 5) is 100. The van der Waals surface area contributed by atoms with Gasteiger partial charge in [0, 0.05) is 146 Å². The lowest BCUT2D eigenvalue weighted by Gasteiger charge is -2.23. The van der Waals surface area contributed by atoms with Crippen molar-refractivity contribution in [1.29, 1.82) is 0 Å². The second-order valence-electron chi connectivity index (χ2n) is 38.6. The van der Waals surface area contributed by atoms with Crippen molar-refractivity contribution in [1.82, 2.24) is 56.7 Å². The first-order valence-corrected chi connectivity index (χ1v) is 40.9. The predicted molar refractivity (Wildman–Crippen MR) is 479 cm³/mol. The molecule has 0 radical (unpaired) electrons. The Bertz CT molecular complexity index is 4000. The third-order valence-electron chi connectivity index (χ3n) is 16.4. The second-order valence-corrected chi connectivity index (χ2v) is 38.6. The molecule has 0 fully saturated rings. The van der Waals surface area contributed by atoms with Gasteiger partial charge in [-0.3, -0.25) is 48.5 Å². The van der Waals surface area contributed by atoms with Crippen LogP contribution >= 0.6 is 0 Å². The standard InChI is InChI=1S/C15H23NO2.C15H23NO.C14H22N2O.C14H21NO.C13H20N2O2.2C13H20N2O/c1-15(2,3)11-14(17)16-10-9-12-5-7-13(18-4)8-6-12;1-12-7-6-8-13(9-12)11-16(5)14(17)10-15(2,3)4;1-5-12-7-6-11(9-15-12)10-16-13(17)8-14(2,3)4;1-11-6-5-7-12(8-11)10-15-13(16)9-14(2,3)4;1-13(2,3)8-11(16)15-9-10-5-6-14-12(7-10)17-4;1-10-7-11(5-6-14-10)9-15-12(16)8-13(2,3)4;1-10-5-6-11(8-14-10)9-15-12(16)7-13(2,3)4/h5-8H,9-11H2,1-4H3,(H,16,17);6-9H,10-11H2,1-5H3;6-7,9H,5,8,10H2,1-4H3,(H,16,17);5-8H,9-10H2,1-4H3,(H,15,16);5-7H,8-9H2,1-4H3,(H,15,16);5-7H,8-9H2,1-4H3,(H,15,16);5-6,8H,7,9H2,1-4H3,(H,15,16). The van der Waals surface area contributed by atoms with Crippen molar-refractivity contribution >= 4 is 41.4 Å². The minimum absolute atomic E-state index is 0.0139. The predicted octanol–water partition coefficient (Wildman–Crippen LogP) is 19.0. The van der Waals surface area contributed by atoms with Gasteiger partial charge in [-0.1, -0.05) is 236 Å². The second kappa shape index (κ2) is 52.1. The minimum atomic E-state index is 0.0139. The van der Waals surface area contributed by atoms with Gasteiger partial charge in [-0.2, -0.15) is 0 Å². The zero-order valence-corrected chi connectivity index (χ0v) is 77.1. The van der Waals surface area contributed by atoms with Gasteiger partial charge in [0.2, 0.25) is 47.2 Å². The first kappa shape index (κ1) is 105. The van der Waals surface area contributed by atoms with Crippen LogP contribution in [0.5, 0.6) is 11.6 Å². The SMILES string of the molecule is CCc1ccc(CNC(=O)CC(C)(C)C)cn1.COc1cc(CNC(=O)CC(C)(C)C)ccn1.COc1ccc(CCNC(=O)CC(C)(C)C)cc1.Cc1cc(CNC(=O)CC(C)(C)C)ccn1.Cc1ccc(CNC(=O)CC(C)(C)C)cn1.Cc1cccc(CN(C)C(=O)CC(C)(C)C)c1.Cc1cccc(CNC(=O)CC(C)(C)C)c1. The Labute approximate surface area is 705 Å². The molecule has 0 bridgehead atoms. The van der Waals surface area contributed by atoms with E-state index < -0.39 is 0 Å². The molecule has 0 saturated heterocycles. The molecule has 0 saturated carbocycles. The quantitative estimate of drug-likeness (QED) is 0.0311. The van der Waals surface area contributed by atoms with Gasteiger partial charge in [-0.15, -0.1) is 0 Å². The summed E-state index contributed by atoms with van der Waals surface area (Å²) < 4.78 is 10.1. The maximum Gasteiger partial charge on any atom is 0.223 e. The van der Waals surface area contributed by atoms with Gasteiger partial charge < -0.3 is 46.3 Å². The number of methoxy groups -OCH3 is 2. The van der Waals surface area contributed by atoms with E-state index in [1.54, 1.807) is 37.7 Å². The van der Waals surface area contributed by atoms with E-state index in [2.05, 4.69) is 228 Å². The van der Waals surface area contributed by atoms with Crippen LogP contribution in [0.15, 0.2) is 146 Å². The molecule has 7 rings (SSSR count). The van der Waals surface area contributed by atoms with Gasteiger partial charge in [-0.05, 0) is 160 Å². The molecule has 0 aliphatic heterocycles. The molecule has 0 unspecified atom stereocenters. The fraction of sp³-hybridized carbons (Fsp3) is 0.536. The summed E-state index contributed by atoms with van der Waals surface area (Å²) in [6.45, 7) is 57.6. The van der Waals surface area contributed by atoms with Crippen LogP contribution in [0.2, 0.25) is 0 Å². The maximum atomic E-state index is 12.0. The highest BCUT2D eigenvalue weighted by Gasteiger charge is 2.22. The topological polar surface area (TPSA) is 265 Å². The van der Waals surface area contributed by atoms with Crippen LogP contribution in [0, 0.1) is 65.6 Å². The zero-order valence-electron chi connectivity index (χ0n) is 77.1. The lowest BCUT2D eigenvalue weighted by atomic mass is 9.91. The molecule has 0 aliphatic carbocycles. The number of carbonyl (C=O) groups excluding carboxylic acids is 7.